The Hall–Kier alpha value is -2.09. The molecule has 2 aromatic carbocycles. The average Bonchev–Trinajstić information content (AvgIpc) is 2.67. The minimum absolute atomic E-state index is 0.0327. The van der Waals surface area contributed by atoms with E-state index < -0.39 is 0 Å². The number of para-hydroxylation sites is 1. The highest BCUT2D eigenvalue weighted by Crippen LogP contribution is 2.40. The van der Waals surface area contributed by atoms with Gasteiger partial charge in [-0.15, -0.1) is 0 Å². The summed E-state index contributed by atoms with van der Waals surface area (Å²) in [6.45, 7) is 4.62. The first-order valence-electron chi connectivity index (χ1n) is 7.41. The lowest BCUT2D eigenvalue weighted by Gasteiger charge is -2.18. The van der Waals surface area contributed by atoms with Crippen LogP contribution in [0.2, 0.25) is 0 Å². The van der Waals surface area contributed by atoms with Crippen molar-refractivity contribution in [3.63, 3.8) is 0 Å². The molecule has 0 saturated carbocycles. The second-order valence-corrected chi connectivity index (χ2v) is 6.49. The number of fused-ring (bicyclic) bond motifs is 1. The molecule has 0 spiro atoms. The summed E-state index contributed by atoms with van der Waals surface area (Å²) in [6.07, 6.45) is 0. The summed E-state index contributed by atoms with van der Waals surface area (Å²) >= 11 is 0. The van der Waals surface area contributed by atoms with Crippen LogP contribution in [0, 0.1) is 0 Å². The van der Waals surface area contributed by atoms with Gasteiger partial charge in [0.05, 0.1) is 5.41 Å². The molecule has 0 amide bonds. The van der Waals surface area contributed by atoms with Crippen molar-refractivity contribution < 1.29 is 4.58 Å². The van der Waals surface area contributed by atoms with Crippen LogP contribution in [-0.2, 0) is 5.41 Å². The third kappa shape index (κ3) is 2.06. The molecule has 0 saturated heterocycles. The zero-order chi connectivity index (χ0) is 15.2. The highest BCUT2D eigenvalue weighted by Gasteiger charge is 2.44. The van der Waals surface area contributed by atoms with Crippen LogP contribution in [0.3, 0.4) is 0 Å². The van der Waals surface area contributed by atoms with Gasteiger partial charge in [0.15, 0.2) is 5.71 Å². The largest absolute Gasteiger partial charge is 0.378 e. The Labute approximate surface area is 127 Å². The minimum atomic E-state index is 0.0327. The van der Waals surface area contributed by atoms with Gasteiger partial charge in [0.1, 0.15) is 7.05 Å². The van der Waals surface area contributed by atoms with Crippen LogP contribution >= 0.6 is 0 Å². The van der Waals surface area contributed by atoms with Gasteiger partial charge in [0.2, 0.25) is 5.69 Å². The number of nitrogens with zero attached hydrogens (tertiary/aromatic N) is 2. The SMILES string of the molecule is CN(C)c1ccc(C2=[N+](C)c3ccccc3C2(C)C)cc1. The Kier molecular flexibility index (Phi) is 3.12. The zero-order valence-corrected chi connectivity index (χ0v) is 13.5. The van der Waals surface area contributed by atoms with E-state index in [1.807, 2.05) is 0 Å². The second-order valence-electron chi connectivity index (χ2n) is 6.49. The summed E-state index contributed by atoms with van der Waals surface area (Å²) in [5.74, 6) is 0. The standard InChI is InChI=1S/C19H23N2/c1-19(2)16-8-6-7-9-17(16)21(5)18(19)14-10-12-15(13-11-14)20(3)4/h6-13H,1-5H3/q+1. The van der Waals surface area contributed by atoms with Crippen LogP contribution in [0.25, 0.3) is 0 Å². The molecule has 108 valence electrons. The Balaban J connectivity index is 2.13. The molecule has 0 bridgehead atoms. The molecule has 21 heavy (non-hydrogen) atoms. The van der Waals surface area contributed by atoms with Gasteiger partial charge >= 0.3 is 0 Å². The molecule has 0 fully saturated rings. The third-order valence-electron chi connectivity index (χ3n) is 4.52. The molecule has 1 heterocycles. The van der Waals surface area contributed by atoms with E-state index in [0.717, 1.165) is 0 Å². The number of hydrogen-bond acceptors (Lipinski definition) is 1. The van der Waals surface area contributed by atoms with E-state index in [4.69, 9.17) is 0 Å². The molecule has 1 aliphatic heterocycles. The van der Waals surface area contributed by atoms with Crippen molar-refractivity contribution in [3.8, 4) is 0 Å². The number of rotatable bonds is 2. The smallest absolute Gasteiger partial charge is 0.209 e. The van der Waals surface area contributed by atoms with E-state index in [1.54, 1.807) is 0 Å². The summed E-state index contributed by atoms with van der Waals surface area (Å²) in [7, 11) is 6.32. The van der Waals surface area contributed by atoms with Crippen molar-refractivity contribution in [1.82, 2.24) is 0 Å². The maximum Gasteiger partial charge on any atom is 0.209 e. The van der Waals surface area contributed by atoms with Crippen molar-refractivity contribution in [2.45, 2.75) is 19.3 Å². The summed E-state index contributed by atoms with van der Waals surface area (Å²) in [5, 5.41) is 0. The first kappa shape index (κ1) is 13.9. The van der Waals surface area contributed by atoms with E-state index in [-0.39, 0.29) is 5.41 Å². The minimum Gasteiger partial charge on any atom is -0.378 e. The van der Waals surface area contributed by atoms with Crippen molar-refractivity contribution >= 4 is 17.1 Å². The summed E-state index contributed by atoms with van der Waals surface area (Å²) in [4.78, 5) is 2.13. The predicted molar refractivity (Wildman–Crippen MR) is 90.2 cm³/mol. The quantitative estimate of drug-likeness (QED) is 0.758. The van der Waals surface area contributed by atoms with Crippen molar-refractivity contribution in [2.24, 2.45) is 0 Å². The predicted octanol–water partition coefficient (Wildman–Crippen LogP) is 3.81. The lowest BCUT2D eigenvalue weighted by atomic mass is 9.79. The summed E-state index contributed by atoms with van der Waals surface area (Å²) in [6, 6.07) is 17.5. The van der Waals surface area contributed by atoms with E-state index in [2.05, 4.69) is 93.0 Å². The van der Waals surface area contributed by atoms with E-state index in [9.17, 15) is 0 Å². The number of anilines is 1. The highest BCUT2D eigenvalue weighted by atomic mass is 15.1. The Bertz CT molecular complexity index is 707. The molecule has 0 radical (unpaired) electrons. The molecular weight excluding hydrogens is 256 g/mol. The van der Waals surface area contributed by atoms with Crippen LogP contribution in [0.15, 0.2) is 48.5 Å². The van der Waals surface area contributed by atoms with Gasteiger partial charge in [-0.05, 0) is 38.1 Å². The summed E-state index contributed by atoms with van der Waals surface area (Å²) < 4.78 is 2.33. The first-order chi connectivity index (χ1) is 9.93. The van der Waals surface area contributed by atoms with Gasteiger partial charge < -0.3 is 4.90 Å². The molecule has 3 rings (SSSR count). The Morgan fingerprint density at radius 2 is 1.52 bits per heavy atom. The van der Waals surface area contributed by atoms with Crippen LogP contribution in [0.4, 0.5) is 11.4 Å². The lowest BCUT2D eigenvalue weighted by molar-refractivity contribution is -0.401. The van der Waals surface area contributed by atoms with Crippen molar-refractivity contribution in [2.75, 3.05) is 26.0 Å². The maximum absolute atomic E-state index is 2.33. The fourth-order valence-electron chi connectivity index (χ4n) is 3.43. The molecule has 2 nitrogen and oxygen atoms in total. The molecule has 0 aliphatic carbocycles. The normalized spacial score (nSPS) is 16.0. The molecular formula is C19H23N2+. The Morgan fingerprint density at radius 3 is 2.10 bits per heavy atom. The highest BCUT2D eigenvalue weighted by molar-refractivity contribution is 6.07. The first-order valence-corrected chi connectivity index (χ1v) is 7.41. The molecule has 0 aromatic heterocycles. The van der Waals surface area contributed by atoms with Crippen LogP contribution in [0.5, 0.6) is 0 Å². The number of benzene rings is 2. The van der Waals surface area contributed by atoms with Crippen molar-refractivity contribution in [1.29, 1.82) is 0 Å². The molecule has 0 N–H and O–H groups in total. The van der Waals surface area contributed by atoms with Crippen LogP contribution < -0.4 is 4.90 Å². The number of hydrogen-bond donors (Lipinski definition) is 0. The molecule has 2 heteroatoms. The molecule has 0 unspecified atom stereocenters. The molecule has 1 aliphatic rings. The van der Waals surface area contributed by atoms with Crippen LogP contribution in [0.1, 0.15) is 25.0 Å². The average molecular weight is 279 g/mol. The Morgan fingerprint density at radius 1 is 0.905 bits per heavy atom. The molecule has 2 aromatic rings. The fourth-order valence-corrected chi connectivity index (χ4v) is 3.43. The van der Waals surface area contributed by atoms with E-state index in [1.165, 1.54) is 28.2 Å². The van der Waals surface area contributed by atoms with Gasteiger partial charge in [-0.25, -0.2) is 0 Å². The lowest BCUT2D eigenvalue weighted by Crippen LogP contribution is -2.29. The van der Waals surface area contributed by atoms with Gasteiger partial charge in [-0.1, -0.05) is 18.2 Å². The maximum atomic E-state index is 2.33. The van der Waals surface area contributed by atoms with Crippen molar-refractivity contribution in [3.05, 3.63) is 59.7 Å². The van der Waals surface area contributed by atoms with Gasteiger partial charge in [0.25, 0.3) is 0 Å². The monoisotopic (exact) mass is 279 g/mol. The van der Waals surface area contributed by atoms with Gasteiger partial charge in [-0.2, -0.15) is 4.58 Å². The third-order valence-corrected chi connectivity index (χ3v) is 4.52. The van der Waals surface area contributed by atoms with E-state index in [0.29, 0.717) is 0 Å². The zero-order valence-electron chi connectivity index (χ0n) is 13.5. The summed E-state index contributed by atoms with van der Waals surface area (Å²) in [5.41, 5.74) is 6.65. The topological polar surface area (TPSA) is 6.25 Å². The fraction of sp³-hybridized carbons (Fsp3) is 0.316. The molecule has 0 atom stereocenters. The van der Waals surface area contributed by atoms with Gasteiger partial charge in [-0.3, -0.25) is 0 Å². The second kappa shape index (κ2) is 4.73. The van der Waals surface area contributed by atoms with Gasteiger partial charge in [0, 0.05) is 37.0 Å². The van der Waals surface area contributed by atoms with E-state index >= 15 is 0 Å². The van der Waals surface area contributed by atoms with Crippen LogP contribution in [-0.4, -0.2) is 31.4 Å².